The van der Waals surface area contributed by atoms with Gasteiger partial charge in [-0.2, -0.15) is 0 Å². The van der Waals surface area contributed by atoms with Crippen LogP contribution in [0, 0.1) is 0 Å². The van der Waals surface area contributed by atoms with Crippen molar-refractivity contribution in [2.24, 2.45) is 0 Å². The first-order valence-electron chi connectivity index (χ1n) is 6.15. The fourth-order valence-electron chi connectivity index (χ4n) is 2.08. The maximum atomic E-state index is 5.69. The molecule has 18 heavy (non-hydrogen) atoms. The highest BCUT2D eigenvalue weighted by molar-refractivity contribution is 5.31. The largest absolute Gasteiger partial charge is 0.468 e. The van der Waals surface area contributed by atoms with Gasteiger partial charge in [-0.1, -0.05) is 19.1 Å². The van der Waals surface area contributed by atoms with Crippen molar-refractivity contribution in [2.45, 2.75) is 25.6 Å². The monoisotopic (exact) mass is 252 g/mol. The SMILES string of the molecule is COCOc1cccc(C(C)C2(C)OCCO2)c1. The average Bonchev–Trinajstić information content (AvgIpc) is 2.84. The summed E-state index contributed by atoms with van der Waals surface area (Å²) in [5, 5.41) is 0. The van der Waals surface area contributed by atoms with Gasteiger partial charge in [0.15, 0.2) is 12.6 Å². The van der Waals surface area contributed by atoms with E-state index >= 15 is 0 Å². The molecule has 1 unspecified atom stereocenters. The minimum absolute atomic E-state index is 0.145. The number of ether oxygens (including phenoxy) is 4. The number of hydrogen-bond acceptors (Lipinski definition) is 4. The second kappa shape index (κ2) is 5.69. The summed E-state index contributed by atoms with van der Waals surface area (Å²) in [5.74, 6) is 0.397. The van der Waals surface area contributed by atoms with Crippen molar-refractivity contribution in [3.05, 3.63) is 29.8 Å². The van der Waals surface area contributed by atoms with E-state index in [-0.39, 0.29) is 12.7 Å². The van der Waals surface area contributed by atoms with Gasteiger partial charge in [-0.05, 0) is 24.6 Å². The molecule has 0 spiro atoms. The third-order valence-electron chi connectivity index (χ3n) is 3.35. The smallest absolute Gasteiger partial charge is 0.188 e. The highest BCUT2D eigenvalue weighted by Crippen LogP contribution is 2.36. The first-order chi connectivity index (χ1) is 8.65. The van der Waals surface area contributed by atoms with Crippen molar-refractivity contribution in [3.63, 3.8) is 0 Å². The van der Waals surface area contributed by atoms with Crippen LogP contribution in [0.5, 0.6) is 5.75 Å². The molecule has 1 heterocycles. The van der Waals surface area contributed by atoms with Crippen molar-refractivity contribution < 1.29 is 18.9 Å². The molecule has 0 aliphatic carbocycles. The second-order valence-electron chi connectivity index (χ2n) is 4.56. The quantitative estimate of drug-likeness (QED) is 0.755. The molecular formula is C14H20O4. The van der Waals surface area contributed by atoms with E-state index in [1.165, 1.54) is 0 Å². The fourth-order valence-corrected chi connectivity index (χ4v) is 2.08. The molecule has 100 valence electrons. The Balaban J connectivity index is 2.12. The van der Waals surface area contributed by atoms with E-state index in [4.69, 9.17) is 18.9 Å². The fraction of sp³-hybridized carbons (Fsp3) is 0.571. The lowest BCUT2D eigenvalue weighted by Gasteiger charge is -2.30. The van der Waals surface area contributed by atoms with E-state index in [9.17, 15) is 0 Å². The molecular weight excluding hydrogens is 232 g/mol. The van der Waals surface area contributed by atoms with Crippen LogP contribution in [-0.2, 0) is 14.2 Å². The molecule has 1 fully saturated rings. The summed E-state index contributed by atoms with van der Waals surface area (Å²) in [5.41, 5.74) is 1.13. The van der Waals surface area contributed by atoms with E-state index in [1.807, 2.05) is 25.1 Å². The average molecular weight is 252 g/mol. The van der Waals surface area contributed by atoms with Crippen molar-refractivity contribution in [2.75, 3.05) is 27.1 Å². The molecule has 0 N–H and O–H groups in total. The van der Waals surface area contributed by atoms with Crippen LogP contribution in [0.2, 0.25) is 0 Å². The standard InChI is InChI=1S/C14H20O4/c1-11(14(2)17-7-8-18-14)12-5-4-6-13(9-12)16-10-15-3/h4-6,9,11H,7-8,10H2,1-3H3. The summed E-state index contributed by atoms with van der Waals surface area (Å²) in [6.45, 7) is 5.64. The number of rotatable bonds is 5. The maximum absolute atomic E-state index is 5.69. The van der Waals surface area contributed by atoms with Crippen molar-refractivity contribution >= 4 is 0 Å². The normalized spacial score (nSPS) is 19.7. The summed E-state index contributed by atoms with van der Waals surface area (Å²) >= 11 is 0. The lowest BCUT2D eigenvalue weighted by Crippen LogP contribution is -2.32. The molecule has 4 heteroatoms. The predicted octanol–water partition coefficient (Wildman–Crippen LogP) is 2.54. The lowest BCUT2D eigenvalue weighted by atomic mass is 9.93. The van der Waals surface area contributed by atoms with Crippen molar-refractivity contribution in [1.82, 2.24) is 0 Å². The maximum Gasteiger partial charge on any atom is 0.188 e. The van der Waals surface area contributed by atoms with Crippen molar-refractivity contribution in [1.29, 1.82) is 0 Å². The molecule has 1 atom stereocenters. The Morgan fingerprint density at radius 2 is 2.06 bits per heavy atom. The Labute approximate surface area is 108 Å². The van der Waals surface area contributed by atoms with E-state index in [2.05, 4.69) is 13.0 Å². The summed E-state index contributed by atoms with van der Waals surface area (Å²) in [6.07, 6.45) is 0. The van der Waals surface area contributed by atoms with Crippen LogP contribution in [0.15, 0.2) is 24.3 Å². The Hall–Kier alpha value is -1.10. The molecule has 4 nitrogen and oxygen atoms in total. The summed E-state index contributed by atoms with van der Waals surface area (Å²) < 4.78 is 21.7. The molecule has 1 aliphatic rings. The second-order valence-corrected chi connectivity index (χ2v) is 4.56. The molecule has 0 amide bonds. The Bertz CT molecular complexity index is 385. The lowest BCUT2D eigenvalue weighted by molar-refractivity contribution is -0.156. The zero-order chi connectivity index (χ0) is 13.0. The molecule has 1 aromatic rings. The highest BCUT2D eigenvalue weighted by Gasteiger charge is 2.37. The van der Waals surface area contributed by atoms with Crippen LogP contribution >= 0.6 is 0 Å². The van der Waals surface area contributed by atoms with Crippen molar-refractivity contribution in [3.8, 4) is 5.75 Å². The first-order valence-corrected chi connectivity index (χ1v) is 6.15. The predicted molar refractivity (Wildman–Crippen MR) is 67.7 cm³/mol. The summed E-state index contributed by atoms with van der Waals surface area (Å²) in [7, 11) is 1.60. The van der Waals surface area contributed by atoms with Crippen LogP contribution in [0.1, 0.15) is 25.3 Å². The number of benzene rings is 1. The Kier molecular flexibility index (Phi) is 4.22. The Morgan fingerprint density at radius 3 is 2.72 bits per heavy atom. The summed E-state index contributed by atoms with van der Waals surface area (Å²) in [4.78, 5) is 0. The molecule has 0 bridgehead atoms. The van der Waals surface area contributed by atoms with Gasteiger partial charge in [0, 0.05) is 13.0 Å². The number of methoxy groups -OCH3 is 1. The van der Waals surface area contributed by atoms with Gasteiger partial charge >= 0.3 is 0 Å². The third kappa shape index (κ3) is 2.83. The van der Waals surface area contributed by atoms with Crippen LogP contribution in [0.25, 0.3) is 0 Å². The molecule has 0 radical (unpaired) electrons. The Morgan fingerprint density at radius 1 is 1.33 bits per heavy atom. The van der Waals surface area contributed by atoms with Gasteiger partial charge in [0.25, 0.3) is 0 Å². The van der Waals surface area contributed by atoms with Gasteiger partial charge in [0.1, 0.15) is 5.75 Å². The zero-order valence-corrected chi connectivity index (χ0v) is 11.1. The topological polar surface area (TPSA) is 36.9 Å². The van der Waals surface area contributed by atoms with Crippen LogP contribution < -0.4 is 4.74 Å². The van der Waals surface area contributed by atoms with Crippen LogP contribution in [-0.4, -0.2) is 32.9 Å². The summed E-state index contributed by atoms with van der Waals surface area (Å²) in [6, 6.07) is 7.93. The molecule has 1 aliphatic heterocycles. The van der Waals surface area contributed by atoms with Gasteiger partial charge in [0.05, 0.1) is 13.2 Å². The number of hydrogen-bond donors (Lipinski definition) is 0. The third-order valence-corrected chi connectivity index (χ3v) is 3.35. The zero-order valence-electron chi connectivity index (χ0n) is 11.1. The van der Waals surface area contributed by atoms with E-state index in [1.54, 1.807) is 7.11 Å². The molecule has 2 rings (SSSR count). The van der Waals surface area contributed by atoms with Gasteiger partial charge in [-0.3, -0.25) is 0 Å². The highest BCUT2D eigenvalue weighted by atomic mass is 16.7. The minimum atomic E-state index is -0.542. The molecule has 0 aromatic heterocycles. The van der Waals surface area contributed by atoms with Gasteiger partial charge in [0.2, 0.25) is 0 Å². The molecule has 1 saturated heterocycles. The van der Waals surface area contributed by atoms with Crippen LogP contribution in [0.3, 0.4) is 0 Å². The van der Waals surface area contributed by atoms with E-state index < -0.39 is 5.79 Å². The molecule has 0 saturated carbocycles. The van der Waals surface area contributed by atoms with Gasteiger partial charge in [-0.15, -0.1) is 0 Å². The van der Waals surface area contributed by atoms with E-state index in [0.717, 1.165) is 11.3 Å². The van der Waals surface area contributed by atoms with E-state index in [0.29, 0.717) is 13.2 Å². The van der Waals surface area contributed by atoms with Gasteiger partial charge in [-0.25, -0.2) is 0 Å². The first kappa shape index (κ1) is 13.3. The molecule has 1 aromatic carbocycles. The minimum Gasteiger partial charge on any atom is -0.468 e. The van der Waals surface area contributed by atoms with Crippen LogP contribution in [0.4, 0.5) is 0 Å². The van der Waals surface area contributed by atoms with Gasteiger partial charge < -0.3 is 18.9 Å².